The number of hydrogen-bond acceptors (Lipinski definition) is 6. The molecule has 0 aliphatic rings. The van der Waals surface area contributed by atoms with Gasteiger partial charge in [-0.1, -0.05) is 298 Å². The molecule has 0 unspecified atom stereocenters. The molecule has 0 aromatic carbocycles. The smallest absolute Gasteiger partial charge is 0.306 e. The van der Waals surface area contributed by atoms with Crippen LogP contribution in [0.5, 0.6) is 0 Å². The van der Waals surface area contributed by atoms with E-state index < -0.39 is 6.10 Å². The number of rotatable bonds is 54. The van der Waals surface area contributed by atoms with Crippen molar-refractivity contribution in [3.05, 3.63) is 0 Å². The van der Waals surface area contributed by atoms with E-state index in [0.29, 0.717) is 19.3 Å². The molecule has 0 saturated heterocycles. The molecule has 0 aromatic heterocycles. The topological polar surface area (TPSA) is 78.9 Å². The second-order valence-electron chi connectivity index (χ2n) is 21.6. The van der Waals surface area contributed by atoms with Gasteiger partial charge >= 0.3 is 17.9 Å². The number of hydrogen-bond donors (Lipinski definition) is 0. The fourth-order valence-electron chi connectivity index (χ4n) is 9.23. The van der Waals surface area contributed by atoms with Gasteiger partial charge in [-0.05, 0) is 31.1 Å². The van der Waals surface area contributed by atoms with Crippen molar-refractivity contribution < 1.29 is 28.6 Å². The normalized spacial score (nSPS) is 12.0. The summed E-state index contributed by atoms with van der Waals surface area (Å²) in [5, 5.41) is 0. The van der Waals surface area contributed by atoms with Gasteiger partial charge in [-0.15, -0.1) is 0 Å². The molecule has 6 nitrogen and oxygen atoms in total. The van der Waals surface area contributed by atoms with E-state index in [1.165, 1.54) is 225 Å². The van der Waals surface area contributed by atoms with Gasteiger partial charge in [0, 0.05) is 19.3 Å². The lowest BCUT2D eigenvalue weighted by Crippen LogP contribution is -2.30. The average molecular weight is 934 g/mol. The molecular formula is C60H116O6. The molecule has 0 N–H and O–H groups in total. The fraction of sp³-hybridized carbons (Fsp3) is 0.950. The zero-order valence-electron chi connectivity index (χ0n) is 45.3. The number of unbranched alkanes of at least 4 members (excludes halogenated alkanes) is 39. The van der Waals surface area contributed by atoms with E-state index in [0.717, 1.165) is 69.6 Å². The van der Waals surface area contributed by atoms with Gasteiger partial charge in [0.15, 0.2) is 6.10 Å². The standard InChI is InChI=1S/C60H116O6/c1-6-7-8-9-10-11-12-13-18-22-25-30-35-40-45-50-58(61)64-53-57(66-60(63)52-47-42-37-32-27-29-34-39-44-49-56(4)5)54-65-59(62)51-46-41-36-31-26-23-20-17-15-14-16-19-21-24-28-33-38-43-48-55(2)3/h55-57H,6-54H2,1-5H3/t57-/m0/s1. The minimum Gasteiger partial charge on any atom is -0.462 e. The van der Waals surface area contributed by atoms with Crippen molar-refractivity contribution in [2.45, 2.75) is 343 Å². The third-order valence-corrected chi connectivity index (χ3v) is 13.7. The van der Waals surface area contributed by atoms with Crippen molar-refractivity contribution in [3.63, 3.8) is 0 Å². The number of ether oxygens (including phenoxy) is 3. The second kappa shape index (κ2) is 52.8. The van der Waals surface area contributed by atoms with E-state index in [1.807, 2.05) is 0 Å². The summed E-state index contributed by atoms with van der Waals surface area (Å²) < 4.78 is 16.9. The molecule has 0 spiro atoms. The molecule has 0 aliphatic heterocycles. The van der Waals surface area contributed by atoms with Crippen LogP contribution in [0, 0.1) is 11.8 Å². The largest absolute Gasteiger partial charge is 0.462 e. The number of esters is 3. The van der Waals surface area contributed by atoms with Gasteiger partial charge in [0.05, 0.1) is 0 Å². The Balaban J connectivity index is 4.22. The van der Waals surface area contributed by atoms with E-state index in [4.69, 9.17) is 14.2 Å². The van der Waals surface area contributed by atoms with Crippen molar-refractivity contribution in [1.29, 1.82) is 0 Å². The fourth-order valence-corrected chi connectivity index (χ4v) is 9.23. The Morgan fingerprint density at radius 1 is 0.288 bits per heavy atom. The van der Waals surface area contributed by atoms with Gasteiger partial charge in [-0.2, -0.15) is 0 Å². The lowest BCUT2D eigenvalue weighted by Gasteiger charge is -2.18. The molecule has 6 heteroatoms. The van der Waals surface area contributed by atoms with Gasteiger partial charge in [-0.3, -0.25) is 14.4 Å². The van der Waals surface area contributed by atoms with Crippen molar-refractivity contribution in [2.75, 3.05) is 13.2 Å². The first-order valence-electron chi connectivity index (χ1n) is 29.7. The summed E-state index contributed by atoms with van der Waals surface area (Å²) in [4.78, 5) is 38.1. The lowest BCUT2D eigenvalue weighted by atomic mass is 10.0. The molecule has 66 heavy (non-hydrogen) atoms. The number of carbonyl (C=O) groups excluding carboxylic acids is 3. The summed E-state index contributed by atoms with van der Waals surface area (Å²) in [7, 11) is 0. The van der Waals surface area contributed by atoms with Gasteiger partial charge in [-0.25, -0.2) is 0 Å². The molecule has 1 atom stereocenters. The maximum absolute atomic E-state index is 12.8. The van der Waals surface area contributed by atoms with E-state index in [2.05, 4.69) is 34.6 Å². The third-order valence-electron chi connectivity index (χ3n) is 13.7. The Labute approximate surface area is 412 Å². The summed E-state index contributed by atoms with van der Waals surface area (Å²) in [6, 6.07) is 0. The predicted molar refractivity (Wildman–Crippen MR) is 284 cm³/mol. The SMILES string of the molecule is CCCCCCCCCCCCCCCCCC(=O)OC[C@@H](COC(=O)CCCCCCCCCCCCCCCCCCCCC(C)C)OC(=O)CCCCCCCCCCCC(C)C. The molecule has 0 rings (SSSR count). The van der Waals surface area contributed by atoms with Gasteiger partial charge < -0.3 is 14.2 Å². The average Bonchev–Trinajstić information content (AvgIpc) is 3.29. The van der Waals surface area contributed by atoms with E-state index in [1.54, 1.807) is 0 Å². The summed E-state index contributed by atoms with van der Waals surface area (Å²) in [5.41, 5.74) is 0. The van der Waals surface area contributed by atoms with Crippen LogP contribution in [-0.2, 0) is 28.6 Å². The Morgan fingerprint density at radius 3 is 0.742 bits per heavy atom. The van der Waals surface area contributed by atoms with Crippen LogP contribution in [0.1, 0.15) is 336 Å². The van der Waals surface area contributed by atoms with Crippen LogP contribution in [0.3, 0.4) is 0 Å². The van der Waals surface area contributed by atoms with Crippen molar-refractivity contribution >= 4 is 17.9 Å². The monoisotopic (exact) mass is 933 g/mol. The number of carbonyl (C=O) groups is 3. The molecule has 0 fully saturated rings. The van der Waals surface area contributed by atoms with Crippen LogP contribution >= 0.6 is 0 Å². The highest BCUT2D eigenvalue weighted by Crippen LogP contribution is 2.18. The molecule has 0 radical (unpaired) electrons. The first-order chi connectivity index (χ1) is 32.2. The van der Waals surface area contributed by atoms with Crippen LogP contribution in [0.2, 0.25) is 0 Å². The molecular weight excluding hydrogens is 817 g/mol. The van der Waals surface area contributed by atoms with Crippen LogP contribution < -0.4 is 0 Å². The highest BCUT2D eigenvalue weighted by Gasteiger charge is 2.19. The highest BCUT2D eigenvalue weighted by atomic mass is 16.6. The Morgan fingerprint density at radius 2 is 0.500 bits per heavy atom. The molecule has 392 valence electrons. The summed E-state index contributed by atoms with van der Waals surface area (Å²) >= 11 is 0. The first-order valence-corrected chi connectivity index (χ1v) is 29.7. The Hall–Kier alpha value is -1.59. The zero-order chi connectivity index (χ0) is 48.2. The maximum atomic E-state index is 12.8. The molecule has 0 aliphatic carbocycles. The zero-order valence-corrected chi connectivity index (χ0v) is 45.3. The van der Waals surface area contributed by atoms with E-state index in [9.17, 15) is 14.4 Å². The van der Waals surface area contributed by atoms with Crippen LogP contribution in [0.25, 0.3) is 0 Å². The van der Waals surface area contributed by atoms with E-state index >= 15 is 0 Å². The van der Waals surface area contributed by atoms with Crippen LogP contribution in [-0.4, -0.2) is 37.2 Å². The molecule has 0 heterocycles. The first kappa shape index (κ1) is 64.4. The minimum absolute atomic E-state index is 0.0628. The van der Waals surface area contributed by atoms with Crippen molar-refractivity contribution in [3.8, 4) is 0 Å². The second-order valence-corrected chi connectivity index (χ2v) is 21.6. The predicted octanol–water partition coefficient (Wildman–Crippen LogP) is 19.7. The molecule has 0 saturated carbocycles. The van der Waals surface area contributed by atoms with Crippen molar-refractivity contribution in [1.82, 2.24) is 0 Å². The van der Waals surface area contributed by atoms with Crippen molar-refractivity contribution in [2.24, 2.45) is 11.8 Å². The lowest BCUT2D eigenvalue weighted by molar-refractivity contribution is -0.167. The molecule has 0 aromatic rings. The van der Waals surface area contributed by atoms with Gasteiger partial charge in [0.1, 0.15) is 13.2 Å². The van der Waals surface area contributed by atoms with Crippen LogP contribution in [0.15, 0.2) is 0 Å². The van der Waals surface area contributed by atoms with Gasteiger partial charge in [0.25, 0.3) is 0 Å². The summed E-state index contributed by atoms with van der Waals surface area (Å²) in [6.07, 6.45) is 56.7. The summed E-state index contributed by atoms with van der Waals surface area (Å²) in [5.74, 6) is 0.826. The van der Waals surface area contributed by atoms with Gasteiger partial charge in [0.2, 0.25) is 0 Å². The quantitative estimate of drug-likeness (QED) is 0.0343. The third kappa shape index (κ3) is 53.4. The Kier molecular flexibility index (Phi) is 51.5. The molecule has 0 amide bonds. The summed E-state index contributed by atoms with van der Waals surface area (Å²) in [6.45, 7) is 11.4. The minimum atomic E-state index is -0.763. The highest BCUT2D eigenvalue weighted by molar-refractivity contribution is 5.71. The maximum Gasteiger partial charge on any atom is 0.306 e. The van der Waals surface area contributed by atoms with Crippen LogP contribution in [0.4, 0.5) is 0 Å². The Bertz CT molecular complexity index is 1010. The molecule has 0 bridgehead atoms. The van der Waals surface area contributed by atoms with E-state index in [-0.39, 0.29) is 31.1 Å².